The topological polar surface area (TPSA) is 42.2 Å². The first kappa shape index (κ1) is 10.4. The Morgan fingerprint density at radius 2 is 1.81 bits per heavy atom. The summed E-state index contributed by atoms with van der Waals surface area (Å²) < 4.78 is 15.0. The van der Waals surface area contributed by atoms with Crippen LogP contribution in [0.5, 0.6) is 0 Å². The highest BCUT2D eigenvalue weighted by Gasteiger charge is 2.23. The van der Waals surface area contributed by atoms with E-state index < -0.39 is 17.8 Å². The van der Waals surface area contributed by atoms with Gasteiger partial charge in [-0.25, -0.2) is 9.18 Å². The lowest BCUT2D eigenvalue weighted by atomic mass is 10.1. The molecule has 0 amide bonds. The summed E-state index contributed by atoms with van der Waals surface area (Å²) in [5.41, 5.74) is 0.159. The molecule has 2 rings (SSSR count). The van der Waals surface area contributed by atoms with Crippen molar-refractivity contribution in [2.24, 2.45) is 0 Å². The standard InChI is InChI=1S/C12H10FNO2/c13-10-6-2-1-5-9(10)11(12(15)16)14-7-3-4-8-14/h1-8,11H,(H,15,16). The molecular formula is C12H10FNO2. The number of hydrogen-bond acceptors (Lipinski definition) is 1. The zero-order chi connectivity index (χ0) is 11.5. The highest BCUT2D eigenvalue weighted by molar-refractivity contribution is 5.76. The first-order chi connectivity index (χ1) is 7.70. The fourth-order valence-electron chi connectivity index (χ4n) is 1.64. The first-order valence-corrected chi connectivity index (χ1v) is 4.80. The van der Waals surface area contributed by atoms with Gasteiger partial charge in [0.15, 0.2) is 6.04 Å². The maximum atomic E-state index is 13.5. The Hall–Kier alpha value is -2.10. The largest absolute Gasteiger partial charge is 0.479 e. The van der Waals surface area contributed by atoms with Crippen molar-refractivity contribution < 1.29 is 14.3 Å². The number of carboxylic acids is 1. The van der Waals surface area contributed by atoms with E-state index in [-0.39, 0.29) is 5.56 Å². The molecule has 0 aliphatic carbocycles. The van der Waals surface area contributed by atoms with Gasteiger partial charge < -0.3 is 9.67 Å². The molecule has 0 fully saturated rings. The zero-order valence-corrected chi connectivity index (χ0v) is 8.38. The van der Waals surface area contributed by atoms with Gasteiger partial charge in [0.05, 0.1) is 0 Å². The van der Waals surface area contributed by atoms with E-state index in [0.29, 0.717) is 0 Å². The van der Waals surface area contributed by atoms with Crippen LogP contribution in [0.25, 0.3) is 0 Å². The summed E-state index contributed by atoms with van der Waals surface area (Å²) in [5.74, 6) is -1.59. The molecular weight excluding hydrogens is 209 g/mol. The van der Waals surface area contributed by atoms with E-state index in [2.05, 4.69) is 0 Å². The summed E-state index contributed by atoms with van der Waals surface area (Å²) in [6.07, 6.45) is 3.20. The van der Waals surface area contributed by atoms with Gasteiger partial charge in [-0.1, -0.05) is 18.2 Å². The van der Waals surface area contributed by atoms with Crippen LogP contribution in [-0.2, 0) is 4.79 Å². The lowest BCUT2D eigenvalue weighted by Gasteiger charge is -2.15. The molecule has 0 bridgehead atoms. The van der Waals surface area contributed by atoms with Crippen LogP contribution in [0.1, 0.15) is 11.6 Å². The van der Waals surface area contributed by atoms with Gasteiger partial charge in [-0.2, -0.15) is 0 Å². The molecule has 0 aliphatic heterocycles. The molecule has 1 aromatic carbocycles. The lowest BCUT2D eigenvalue weighted by Crippen LogP contribution is -2.20. The minimum atomic E-state index is -1.08. The minimum absolute atomic E-state index is 0.159. The maximum Gasteiger partial charge on any atom is 0.331 e. The van der Waals surface area contributed by atoms with E-state index in [1.54, 1.807) is 30.6 Å². The monoisotopic (exact) mass is 219 g/mol. The molecule has 0 saturated carbocycles. The highest BCUT2D eigenvalue weighted by atomic mass is 19.1. The Morgan fingerprint density at radius 3 is 2.38 bits per heavy atom. The van der Waals surface area contributed by atoms with Crippen molar-refractivity contribution in [3.8, 4) is 0 Å². The number of nitrogens with zero attached hydrogens (tertiary/aromatic N) is 1. The fourth-order valence-corrected chi connectivity index (χ4v) is 1.64. The van der Waals surface area contributed by atoms with Crippen LogP contribution in [0, 0.1) is 5.82 Å². The van der Waals surface area contributed by atoms with Gasteiger partial charge in [-0.05, 0) is 18.2 Å². The SMILES string of the molecule is O=C(O)C(c1ccccc1F)n1cccc1. The van der Waals surface area contributed by atoms with Crippen LogP contribution >= 0.6 is 0 Å². The van der Waals surface area contributed by atoms with Crippen LogP contribution in [-0.4, -0.2) is 15.6 Å². The van der Waals surface area contributed by atoms with E-state index >= 15 is 0 Å². The van der Waals surface area contributed by atoms with Crippen LogP contribution in [0.3, 0.4) is 0 Å². The van der Waals surface area contributed by atoms with Gasteiger partial charge in [0.1, 0.15) is 5.82 Å². The summed E-state index contributed by atoms with van der Waals surface area (Å²) in [4.78, 5) is 11.2. The first-order valence-electron chi connectivity index (χ1n) is 4.80. The van der Waals surface area contributed by atoms with Crippen molar-refractivity contribution in [3.05, 3.63) is 60.2 Å². The Kier molecular flexibility index (Phi) is 2.72. The fraction of sp³-hybridized carbons (Fsp3) is 0.0833. The predicted molar refractivity (Wildman–Crippen MR) is 56.6 cm³/mol. The van der Waals surface area contributed by atoms with E-state index in [0.717, 1.165) is 0 Å². The Morgan fingerprint density at radius 1 is 1.19 bits per heavy atom. The third-order valence-corrected chi connectivity index (χ3v) is 2.36. The third kappa shape index (κ3) is 1.82. The molecule has 1 aromatic heterocycles. The molecule has 16 heavy (non-hydrogen) atoms. The van der Waals surface area contributed by atoms with Crippen molar-refractivity contribution in [3.63, 3.8) is 0 Å². The number of benzene rings is 1. The van der Waals surface area contributed by atoms with Crippen molar-refractivity contribution in [2.75, 3.05) is 0 Å². The molecule has 1 N–H and O–H groups in total. The lowest BCUT2D eigenvalue weighted by molar-refractivity contribution is -0.139. The molecule has 3 nitrogen and oxygen atoms in total. The van der Waals surface area contributed by atoms with Crippen molar-refractivity contribution in [1.29, 1.82) is 0 Å². The molecule has 4 heteroatoms. The summed E-state index contributed by atoms with van der Waals surface area (Å²) >= 11 is 0. The van der Waals surface area contributed by atoms with E-state index in [1.165, 1.54) is 22.8 Å². The van der Waals surface area contributed by atoms with Gasteiger partial charge in [0.25, 0.3) is 0 Å². The summed E-state index contributed by atoms with van der Waals surface area (Å²) in [7, 11) is 0. The number of aliphatic carboxylic acids is 1. The molecule has 1 atom stereocenters. The second kappa shape index (κ2) is 4.18. The average Bonchev–Trinajstić information content (AvgIpc) is 2.74. The summed E-state index contributed by atoms with van der Waals surface area (Å²) in [5, 5.41) is 9.14. The van der Waals surface area contributed by atoms with Gasteiger partial charge in [0.2, 0.25) is 0 Å². The number of carboxylic acid groups (broad SMARTS) is 1. The molecule has 82 valence electrons. The molecule has 2 aromatic rings. The molecule has 0 aliphatic rings. The quantitative estimate of drug-likeness (QED) is 0.860. The van der Waals surface area contributed by atoms with Crippen molar-refractivity contribution in [1.82, 2.24) is 4.57 Å². The summed E-state index contributed by atoms with van der Waals surface area (Å²) in [6.45, 7) is 0. The zero-order valence-electron chi connectivity index (χ0n) is 8.38. The van der Waals surface area contributed by atoms with E-state index in [9.17, 15) is 9.18 Å². The Bertz CT molecular complexity index is 493. The Labute approximate surface area is 91.8 Å². The van der Waals surface area contributed by atoms with Gasteiger partial charge in [-0.3, -0.25) is 0 Å². The average molecular weight is 219 g/mol. The minimum Gasteiger partial charge on any atom is -0.479 e. The highest BCUT2D eigenvalue weighted by Crippen LogP contribution is 2.21. The second-order valence-corrected chi connectivity index (χ2v) is 3.39. The van der Waals surface area contributed by atoms with Crippen LogP contribution < -0.4 is 0 Å². The van der Waals surface area contributed by atoms with Gasteiger partial charge in [-0.15, -0.1) is 0 Å². The smallest absolute Gasteiger partial charge is 0.331 e. The number of halogens is 1. The summed E-state index contributed by atoms with van der Waals surface area (Å²) in [6, 6.07) is 8.29. The van der Waals surface area contributed by atoms with Gasteiger partial charge >= 0.3 is 5.97 Å². The third-order valence-electron chi connectivity index (χ3n) is 2.36. The number of carbonyl (C=O) groups is 1. The number of hydrogen-bond donors (Lipinski definition) is 1. The second-order valence-electron chi connectivity index (χ2n) is 3.39. The molecule has 1 unspecified atom stereocenters. The number of rotatable bonds is 3. The van der Waals surface area contributed by atoms with Crippen LogP contribution in [0.2, 0.25) is 0 Å². The molecule has 1 heterocycles. The van der Waals surface area contributed by atoms with Gasteiger partial charge in [0, 0.05) is 18.0 Å². The Balaban J connectivity index is 2.50. The van der Waals surface area contributed by atoms with E-state index in [4.69, 9.17) is 5.11 Å². The van der Waals surface area contributed by atoms with E-state index in [1.807, 2.05) is 0 Å². The molecule has 0 radical (unpaired) electrons. The number of aromatic nitrogens is 1. The normalized spacial score (nSPS) is 12.3. The maximum absolute atomic E-state index is 13.5. The molecule has 0 spiro atoms. The molecule has 0 saturated heterocycles. The van der Waals surface area contributed by atoms with Crippen LogP contribution in [0.4, 0.5) is 4.39 Å². The van der Waals surface area contributed by atoms with Crippen molar-refractivity contribution in [2.45, 2.75) is 6.04 Å². The predicted octanol–water partition coefficient (Wildman–Crippen LogP) is 2.30. The van der Waals surface area contributed by atoms with Crippen molar-refractivity contribution >= 4 is 5.97 Å². The van der Waals surface area contributed by atoms with Crippen LogP contribution in [0.15, 0.2) is 48.8 Å².